The Hall–Kier alpha value is -12.6. The van der Waals surface area contributed by atoms with Gasteiger partial charge < -0.3 is 27.1 Å². The predicted octanol–water partition coefficient (Wildman–Crippen LogP) is 17.2. The zero-order valence-electron chi connectivity index (χ0n) is 51.7. The number of carbonyl (C=O) groups excluding carboxylic acids is 1. The molecule has 0 amide bonds. The van der Waals surface area contributed by atoms with E-state index in [-0.39, 0.29) is 44.1 Å². The third-order valence-corrected chi connectivity index (χ3v) is 21.0. The van der Waals surface area contributed by atoms with E-state index in [0.717, 1.165) is 60.3 Å². The number of ether oxygens (including phenoxy) is 2. The van der Waals surface area contributed by atoms with Gasteiger partial charge in [0.15, 0.2) is 32.6 Å². The van der Waals surface area contributed by atoms with Crippen LogP contribution in [-0.4, -0.2) is 28.6 Å². The molecule has 0 bridgehead atoms. The smallest absolute Gasteiger partial charge is 0.395 e. The third kappa shape index (κ3) is 8.18. The topological polar surface area (TPSA) is 156 Å². The highest BCUT2D eigenvalue weighted by Crippen LogP contribution is 2.37. The molecule has 0 unspecified atom stereocenters. The second kappa shape index (κ2) is 21.2. The van der Waals surface area contributed by atoms with Crippen LogP contribution >= 0.6 is 36.7 Å². The molecule has 20 aromatic rings. The molecule has 0 aliphatic carbocycles. The first-order valence-corrected chi connectivity index (χ1v) is 32.9. The summed E-state index contributed by atoms with van der Waals surface area (Å²) in [5.41, 5.74) is 10.1. The van der Waals surface area contributed by atoms with Gasteiger partial charge in [0.1, 0.15) is 11.5 Å². The minimum atomic E-state index is -0.970. The number of nitrogens with zero attached hydrogens (tertiary/aromatic N) is 4. The minimum Gasteiger partial charge on any atom is -0.395 e. The van der Waals surface area contributed by atoms with Crippen LogP contribution in [0.3, 0.4) is 0 Å². The molecule has 16 heteroatoms. The maximum absolute atomic E-state index is 14.1. The Kier molecular flexibility index (Phi) is 12.4. The second-order valence-electron chi connectivity index (χ2n) is 25.0. The largest absolute Gasteiger partial charge is 0.519 e. The molecule has 0 spiro atoms. The summed E-state index contributed by atoms with van der Waals surface area (Å²) in [6.07, 6.45) is -0.970. The van der Waals surface area contributed by atoms with E-state index >= 15 is 0 Å². The molecule has 20 rings (SSSR count). The summed E-state index contributed by atoms with van der Waals surface area (Å²) in [6.45, 7) is 1.98. The molecular weight excluding hydrogens is 1290 g/mol. The van der Waals surface area contributed by atoms with E-state index in [1.54, 1.807) is 72.8 Å². The highest BCUT2D eigenvalue weighted by molar-refractivity contribution is 7.81. The third-order valence-electron chi connectivity index (χ3n) is 19.6. The first-order valence-electron chi connectivity index (χ1n) is 31.7. The number of rotatable bonds is 4. The van der Waals surface area contributed by atoms with Crippen molar-refractivity contribution in [3.8, 4) is 11.5 Å². The van der Waals surface area contributed by atoms with Gasteiger partial charge in [0.25, 0.3) is 0 Å². The van der Waals surface area contributed by atoms with Gasteiger partial charge in [0.2, 0.25) is 0 Å². The van der Waals surface area contributed by atoms with E-state index in [9.17, 15) is 33.6 Å². The van der Waals surface area contributed by atoms with Crippen molar-refractivity contribution in [2.75, 3.05) is 0 Å². The zero-order valence-corrected chi connectivity index (χ0v) is 54.2. The van der Waals surface area contributed by atoms with E-state index in [4.69, 9.17) is 46.1 Å². The molecule has 0 aliphatic rings. The van der Waals surface area contributed by atoms with Gasteiger partial charge >= 0.3 is 6.16 Å². The van der Waals surface area contributed by atoms with Gasteiger partial charge in [-0.05, 0) is 163 Å². The van der Waals surface area contributed by atoms with Crippen molar-refractivity contribution in [1.82, 2.24) is 17.6 Å². The number of pyridine rings is 8. The van der Waals surface area contributed by atoms with Gasteiger partial charge in [-0.2, -0.15) is 0 Å². The highest BCUT2D eigenvalue weighted by atomic mass is 32.1. The summed E-state index contributed by atoms with van der Waals surface area (Å²) >= 11 is 17.8. The molecule has 8 aromatic heterocycles. The van der Waals surface area contributed by atoms with Gasteiger partial charge in [-0.25, -0.2) is 4.79 Å². The lowest BCUT2D eigenvalue weighted by atomic mass is 9.97. The Bertz CT molecular complexity index is 7480. The van der Waals surface area contributed by atoms with Gasteiger partial charge in [-0.3, -0.25) is 28.8 Å². The lowest BCUT2D eigenvalue weighted by Gasteiger charge is -2.16. The second-order valence-corrected chi connectivity index (χ2v) is 26.2. The minimum absolute atomic E-state index is 0.0506. The standard InChI is InChI=1S/C42H22N2O4S.C41H20N2O5S2/c1-21-12-15-25-35(18-21)44-34-17-14-23(20-31(34)41(48)29-10-5-8-27(37(29)44)39(25)46)42(49)22-13-16-33-30(19-22)40(47)28-9-4-7-26-36(28)43(33)32-11-3-2-6-24(32)38(26)45;44-37-23-7-1-3-13-31(23)42-34-18-16-22(20-30(34)40(50)28-12-5-9-25(37)35(28)42)48-41(46)47-21-15-17-33-29(19-21)38(45)26-10-6-11-27-36(26)43(33)32-14-4-2-8-24(32)39(27)49/h2-20H,1H3;1-20H. The van der Waals surface area contributed by atoms with Crippen LogP contribution in [0.2, 0.25) is 0 Å². The van der Waals surface area contributed by atoms with Crippen molar-refractivity contribution in [3.63, 3.8) is 0 Å². The van der Waals surface area contributed by atoms with Crippen LogP contribution in [0.25, 0.3) is 152 Å². The fourth-order valence-electron chi connectivity index (χ4n) is 15.2. The molecule has 0 fully saturated rings. The number of hydrogen-bond acceptors (Lipinski definition) is 12. The lowest BCUT2D eigenvalue weighted by molar-refractivity contribution is 0.152. The Morgan fingerprint density at radius 1 is 0.283 bits per heavy atom. The molecule has 13 nitrogen and oxygen atoms in total. The quantitative estimate of drug-likeness (QED) is 0.0411. The van der Waals surface area contributed by atoms with Crippen molar-refractivity contribution in [2.45, 2.75) is 6.92 Å². The van der Waals surface area contributed by atoms with Gasteiger partial charge in [-0.15, -0.1) is 0 Å². The summed E-state index contributed by atoms with van der Waals surface area (Å²) in [5.74, 6) is 0.389. The average molecular weight is 1340 g/mol. The molecule has 0 saturated heterocycles. The highest BCUT2D eigenvalue weighted by Gasteiger charge is 2.24. The molecule has 0 atom stereocenters. The normalized spacial score (nSPS) is 12.1. The number of aromatic nitrogens is 4. The van der Waals surface area contributed by atoms with Crippen molar-refractivity contribution in [2.24, 2.45) is 0 Å². The Morgan fingerprint density at radius 3 is 1.04 bits per heavy atom. The number of hydrogen-bond donors (Lipinski definition) is 0. The van der Waals surface area contributed by atoms with Crippen molar-refractivity contribution >= 4 is 200 Å². The molecule has 0 radical (unpaired) electrons. The fourth-order valence-corrected chi connectivity index (χ4v) is 16.2. The van der Waals surface area contributed by atoms with Crippen LogP contribution in [0.15, 0.2) is 265 Å². The molecule has 0 saturated carbocycles. The van der Waals surface area contributed by atoms with Crippen LogP contribution in [0.5, 0.6) is 11.5 Å². The molecule has 0 aliphatic heterocycles. The number of fused-ring (bicyclic) bond motifs is 16. The molecule has 99 heavy (non-hydrogen) atoms. The van der Waals surface area contributed by atoms with E-state index in [0.29, 0.717) is 123 Å². The zero-order chi connectivity index (χ0) is 67.1. The van der Waals surface area contributed by atoms with Crippen LogP contribution in [0.1, 0.15) is 16.7 Å². The van der Waals surface area contributed by atoms with Crippen molar-refractivity contribution < 1.29 is 14.3 Å². The summed E-state index contributed by atoms with van der Waals surface area (Å²) in [4.78, 5) is 95.9. The van der Waals surface area contributed by atoms with Gasteiger partial charge in [0, 0.05) is 80.8 Å². The maximum atomic E-state index is 14.1. The number of para-hydroxylation sites is 7. The Morgan fingerprint density at radius 2 is 0.586 bits per heavy atom. The molecular formula is C83H42N4O9S3. The molecule has 12 aromatic carbocycles. The SMILES string of the molecule is Cc1ccc2c(=O)c3cccc4c(=O)c5cc(C(=S)c6ccc7c(c6)c(=O)c6cccc8c(=O)c9ccccc9n7c86)ccc5n(c2c1)c43.O=C(Oc1ccc2c(c1)c(=O)c1cccc3c(=S)c4ccccc4n2c13)Oc1ccc2c(c1)c(=S)c1cccc3c(=O)c4ccccc4n2c31. The maximum Gasteiger partial charge on any atom is 0.519 e. The van der Waals surface area contributed by atoms with Crippen molar-refractivity contribution in [3.05, 3.63) is 324 Å². The summed E-state index contributed by atoms with van der Waals surface area (Å²) in [7, 11) is 0. The van der Waals surface area contributed by atoms with Crippen LogP contribution in [0.4, 0.5) is 4.79 Å². The monoisotopic (exact) mass is 1330 g/mol. The van der Waals surface area contributed by atoms with Crippen LogP contribution in [-0.2, 0) is 0 Å². The molecule has 466 valence electrons. The lowest BCUT2D eigenvalue weighted by Crippen LogP contribution is -2.15. The number of carbonyl (C=O) groups is 1. The van der Waals surface area contributed by atoms with Crippen LogP contribution < -0.4 is 42.0 Å². The summed E-state index contributed by atoms with van der Waals surface area (Å²) in [5, 5.41) is 9.30. The van der Waals surface area contributed by atoms with Crippen molar-refractivity contribution in [1.29, 1.82) is 0 Å². The molecule has 0 N–H and O–H groups in total. The molecule has 8 heterocycles. The fraction of sp³-hybridized carbons (Fsp3) is 0.0120. The predicted molar refractivity (Wildman–Crippen MR) is 406 cm³/mol. The first kappa shape index (κ1) is 57.8. The number of aryl methyl sites for hydroxylation is 1. The Balaban J connectivity index is 0.000000138. The van der Waals surface area contributed by atoms with E-state index in [2.05, 4.69) is 0 Å². The van der Waals surface area contributed by atoms with E-state index in [1.807, 2.05) is 188 Å². The van der Waals surface area contributed by atoms with E-state index < -0.39 is 6.16 Å². The summed E-state index contributed by atoms with van der Waals surface area (Å²) in [6, 6.07) is 71.5. The summed E-state index contributed by atoms with van der Waals surface area (Å²) < 4.78 is 20.6. The average Bonchev–Trinajstić information content (AvgIpc) is 0.735. The number of benzene rings is 12. The Labute approximate surface area is 570 Å². The number of thiocarbonyl (C=S) groups is 1. The van der Waals surface area contributed by atoms with Gasteiger partial charge in [0.05, 0.1) is 85.5 Å². The first-order chi connectivity index (χ1) is 48.2. The van der Waals surface area contributed by atoms with Gasteiger partial charge in [-0.1, -0.05) is 134 Å². The van der Waals surface area contributed by atoms with E-state index in [1.165, 1.54) is 0 Å². The van der Waals surface area contributed by atoms with Crippen LogP contribution in [0, 0.1) is 15.9 Å².